The minimum Gasteiger partial charge on any atom is -0.504 e. The molecule has 2 N–H and O–H groups in total. The summed E-state index contributed by atoms with van der Waals surface area (Å²) in [5.41, 5.74) is 0.990. The van der Waals surface area contributed by atoms with E-state index in [2.05, 4.69) is 4.90 Å². The smallest absolute Gasteiger partial charge is 0.320 e. The topological polar surface area (TPSA) is 70.0 Å². The van der Waals surface area contributed by atoms with E-state index < -0.39 is 12.0 Å². The van der Waals surface area contributed by atoms with Gasteiger partial charge in [0.15, 0.2) is 11.5 Å². The average Bonchev–Trinajstić information content (AvgIpc) is 2.90. The van der Waals surface area contributed by atoms with Gasteiger partial charge in [0.1, 0.15) is 6.04 Å². The van der Waals surface area contributed by atoms with Gasteiger partial charge in [0.05, 0.1) is 6.61 Å². The van der Waals surface area contributed by atoms with Crippen LogP contribution in [0.2, 0.25) is 0 Å². The third-order valence-corrected chi connectivity index (χ3v) is 5.20. The fraction of sp³-hybridized carbons (Fsp3) is 0.611. The minimum absolute atomic E-state index is 0.127. The van der Waals surface area contributed by atoms with Crippen molar-refractivity contribution in [3.8, 4) is 11.5 Å². The van der Waals surface area contributed by atoms with E-state index in [1.165, 1.54) is 12.8 Å². The summed E-state index contributed by atoms with van der Waals surface area (Å²) in [6, 6.07) is 5.28. The summed E-state index contributed by atoms with van der Waals surface area (Å²) < 4.78 is 5.44. The first kappa shape index (κ1) is 16.1. The molecule has 0 spiro atoms. The molecule has 5 nitrogen and oxygen atoms in total. The normalized spacial score (nSPS) is 27.6. The Hall–Kier alpha value is -1.75. The van der Waals surface area contributed by atoms with E-state index >= 15 is 0 Å². The Morgan fingerprint density at radius 3 is 2.87 bits per heavy atom. The van der Waals surface area contributed by atoms with Crippen molar-refractivity contribution in [2.24, 2.45) is 5.92 Å². The maximum Gasteiger partial charge on any atom is 0.320 e. The van der Waals surface area contributed by atoms with Crippen LogP contribution in [0.25, 0.3) is 0 Å². The molecule has 1 aromatic rings. The first-order valence-corrected chi connectivity index (χ1v) is 8.53. The molecule has 0 bridgehead atoms. The molecule has 0 radical (unpaired) electrons. The molecule has 126 valence electrons. The highest BCUT2D eigenvalue weighted by Crippen LogP contribution is 2.41. The van der Waals surface area contributed by atoms with Crippen molar-refractivity contribution in [3.05, 3.63) is 23.8 Å². The van der Waals surface area contributed by atoms with E-state index in [-0.39, 0.29) is 5.75 Å². The Labute approximate surface area is 136 Å². The number of nitrogens with zero attached hydrogens (tertiary/aromatic N) is 1. The lowest BCUT2D eigenvalue weighted by Gasteiger charge is -2.33. The van der Waals surface area contributed by atoms with Crippen molar-refractivity contribution in [2.75, 3.05) is 6.61 Å². The van der Waals surface area contributed by atoms with Crippen LogP contribution in [0.5, 0.6) is 11.5 Å². The van der Waals surface area contributed by atoms with Gasteiger partial charge in [-0.25, -0.2) is 0 Å². The molecule has 3 atom stereocenters. The van der Waals surface area contributed by atoms with Crippen molar-refractivity contribution in [2.45, 2.75) is 57.7 Å². The maximum atomic E-state index is 11.7. The van der Waals surface area contributed by atoms with Crippen LogP contribution in [0.4, 0.5) is 0 Å². The van der Waals surface area contributed by atoms with E-state index in [0.29, 0.717) is 30.9 Å². The lowest BCUT2D eigenvalue weighted by atomic mass is 9.84. The van der Waals surface area contributed by atoms with Crippen LogP contribution in [0.3, 0.4) is 0 Å². The predicted octanol–water partition coefficient (Wildman–Crippen LogP) is 3.01. The molecular weight excluding hydrogens is 294 g/mol. The van der Waals surface area contributed by atoms with Gasteiger partial charge in [-0.3, -0.25) is 9.69 Å². The SMILES string of the molecule is CCOc1cc(CN2C(C(=O)O)CC3CCCCC32)ccc1O. The number of carboxylic acids is 1. The van der Waals surface area contributed by atoms with Crippen molar-refractivity contribution >= 4 is 5.97 Å². The second-order valence-corrected chi connectivity index (χ2v) is 6.61. The molecule has 0 amide bonds. The lowest BCUT2D eigenvalue weighted by Crippen LogP contribution is -2.41. The van der Waals surface area contributed by atoms with Gasteiger partial charge in [-0.05, 0) is 49.8 Å². The van der Waals surface area contributed by atoms with E-state index in [1.807, 2.05) is 19.1 Å². The molecule has 1 saturated heterocycles. The van der Waals surface area contributed by atoms with Gasteiger partial charge in [0, 0.05) is 12.6 Å². The first-order chi connectivity index (χ1) is 11.1. The summed E-state index contributed by atoms with van der Waals surface area (Å²) in [4.78, 5) is 13.8. The number of benzene rings is 1. The summed E-state index contributed by atoms with van der Waals surface area (Å²) in [6.07, 6.45) is 5.39. The molecular formula is C18H25NO4. The summed E-state index contributed by atoms with van der Waals surface area (Å²) in [6.45, 7) is 2.96. The Morgan fingerprint density at radius 2 is 2.13 bits per heavy atom. The van der Waals surface area contributed by atoms with Gasteiger partial charge in [-0.1, -0.05) is 18.9 Å². The fourth-order valence-electron chi connectivity index (χ4n) is 4.16. The van der Waals surface area contributed by atoms with Gasteiger partial charge in [0.25, 0.3) is 0 Å². The van der Waals surface area contributed by atoms with Crippen LogP contribution in [0, 0.1) is 5.92 Å². The van der Waals surface area contributed by atoms with Crippen LogP contribution < -0.4 is 4.74 Å². The number of aliphatic carboxylic acids is 1. The number of fused-ring (bicyclic) bond motifs is 1. The highest BCUT2D eigenvalue weighted by Gasteiger charge is 2.44. The van der Waals surface area contributed by atoms with Crippen molar-refractivity contribution in [1.29, 1.82) is 0 Å². The molecule has 1 aliphatic carbocycles. The fourth-order valence-corrected chi connectivity index (χ4v) is 4.16. The zero-order valence-electron chi connectivity index (χ0n) is 13.6. The monoisotopic (exact) mass is 319 g/mol. The molecule has 5 heteroatoms. The number of hydrogen-bond acceptors (Lipinski definition) is 4. The zero-order valence-corrected chi connectivity index (χ0v) is 13.6. The Kier molecular flexibility index (Phi) is 4.76. The third kappa shape index (κ3) is 3.29. The number of phenols is 1. The lowest BCUT2D eigenvalue weighted by molar-refractivity contribution is -0.142. The highest BCUT2D eigenvalue weighted by atomic mass is 16.5. The number of rotatable bonds is 5. The van der Waals surface area contributed by atoms with Gasteiger partial charge in [-0.15, -0.1) is 0 Å². The zero-order chi connectivity index (χ0) is 16.4. The van der Waals surface area contributed by atoms with Crippen LogP contribution in [0.15, 0.2) is 18.2 Å². The summed E-state index contributed by atoms with van der Waals surface area (Å²) in [5, 5.41) is 19.4. The van der Waals surface area contributed by atoms with Crippen LogP contribution in [-0.2, 0) is 11.3 Å². The third-order valence-electron chi connectivity index (χ3n) is 5.20. The molecule has 2 fully saturated rings. The molecule has 3 unspecified atom stereocenters. The second-order valence-electron chi connectivity index (χ2n) is 6.61. The minimum atomic E-state index is -0.719. The molecule has 1 heterocycles. The molecule has 2 aliphatic rings. The highest BCUT2D eigenvalue weighted by molar-refractivity contribution is 5.74. The number of aromatic hydroxyl groups is 1. The summed E-state index contributed by atoms with van der Waals surface area (Å²) in [7, 11) is 0. The molecule has 1 aromatic carbocycles. The first-order valence-electron chi connectivity index (χ1n) is 8.53. The van der Waals surface area contributed by atoms with E-state index in [1.54, 1.807) is 6.07 Å². The molecule has 1 aliphatic heterocycles. The quantitative estimate of drug-likeness (QED) is 0.873. The van der Waals surface area contributed by atoms with Gasteiger partial charge < -0.3 is 14.9 Å². The van der Waals surface area contributed by atoms with Gasteiger partial charge in [0.2, 0.25) is 0 Å². The van der Waals surface area contributed by atoms with Gasteiger partial charge >= 0.3 is 5.97 Å². The number of ether oxygens (including phenoxy) is 1. The summed E-state index contributed by atoms with van der Waals surface area (Å²) in [5.74, 6) is 0.384. The molecule has 1 saturated carbocycles. The van der Waals surface area contributed by atoms with Crippen LogP contribution in [-0.4, -0.2) is 39.8 Å². The van der Waals surface area contributed by atoms with Crippen molar-refractivity contribution in [3.63, 3.8) is 0 Å². The Balaban J connectivity index is 1.81. The Morgan fingerprint density at radius 1 is 1.35 bits per heavy atom. The summed E-state index contributed by atoms with van der Waals surface area (Å²) >= 11 is 0. The largest absolute Gasteiger partial charge is 0.504 e. The Bertz CT molecular complexity index is 574. The number of phenolic OH excluding ortho intramolecular Hbond substituents is 1. The number of hydrogen-bond donors (Lipinski definition) is 2. The van der Waals surface area contributed by atoms with E-state index in [9.17, 15) is 15.0 Å². The number of carbonyl (C=O) groups is 1. The van der Waals surface area contributed by atoms with Crippen LogP contribution >= 0.6 is 0 Å². The van der Waals surface area contributed by atoms with Crippen molar-refractivity contribution in [1.82, 2.24) is 4.90 Å². The van der Waals surface area contributed by atoms with Crippen molar-refractivity contribution < 1.29 is 19.7 Å². The molecule has 23 heavy (non-hydrogen) atoms. The maximum absolute atomic E-state index is 11.7. The van der Waals surface area contributed by atoms with Crippen LogP contribution in [0.1, 0.15) is 44.6 Å². The number of likely N-dealkylation sites (tertiary alicyclic amines) is 1. The van der Waals surface area contributed by atoms with Gasteiger partial charge in [-0.2, -0.15) is 0 Å². The number of carboxylic acid groups (broad SMARTS) is 1. The average molecular weight is 319 g/mol. The van der Waals surface area contributed by atoms with E-state index in [0.717, 1.165) is 24.8 Å². The second kappa shape index (κ2) is 6.79. The van der Waals surface area contributed by atoms with E-state index in [4.69, 9.17) is 4.74 Å². The predicted molar refractivity (Wildman–Crippen MR) is 86.6 cm³/mol. The molecule has 3 rings (SSSR count). The standard InChI is InChI=1S/C18H25NO4/c1-2-23-17-9-12(7-8-16(17)20)11-19-14-6-4-3-5-13(14)10-15(19)18(21)22/h7-9,13-15,20H,2-6,10-11H2,1H3,(H,21,22). The molecule has 0 aromatic heterocycles.